The summed E-state index contributed by atoms with van der Waals surface area (Å²) >= 11 is 1.39. The molecule has 1 aromatic rings. The van der Waals surface area contributed by atoms with Gasteiger partial charge in [-0.25, -0.2) is 5.84 Å². The molecule has 1 aromatic heterocycles. The molecule has 0 saturated heterocycles. The highest BCUT2D eigenvalue weighted by molar-refractivity contribution is 7.12. The molecule has 4 N–H and O–H groups in total. The first-order valence-corrected chi connectivity index (χ1v) is 6.56. The predicted octanol–water partition coefficient (Wildman–Crippen LogP) is 0.308. The Morgan fingerprint density at radius 2 is 2.41 bits per heavy atom. The summed E-state index contributed by atoms with van der Waals surface area (Å²) in [5, 5.41) is 10.9. The number of carbonyl (C=O) groups is 1. The summed E-state index contributed by atoms with van der Waals surface area (Å²) in [6.45, 7) is 1.51. The number of nitrogens with zero attached hydrogens (tertiary/aromatic N) is 1. The average Bonchev–Trinajstić information content (AvgIpc) is 3.08. The highest BCUT2D eigenvalue weighted by Gasteiger charge is 2.29. The van der Waals surface area contributed by atoms with Crippen LogP contribution in [0.5, 0.6) is 0 Å². The van der Waals surface area contributed by atoms with Crippen LogP contribution in [0, 0.1) is 0 Å². The Balaban J connectivity index is 2.06. The van der Waals surface area contributed by atoms with Gasteiger partial charge in [0.1, 0.15) is 0 Å². The zero-order valence-corrected chi connectivity index (χ0v) is 10.4. The van der Waals surface area contributed by atoms with Crippen molar-refractivity contribution in [1.82, 2.24) is 10.3 Å². The maximum Gasteiger partial charge on any atom is 0.275 e. The summed E-state index contributed by atoms with van der Waals surface area (Å²) in [4.78, 5) is 14.4. The van der Waals surface area contributed by atoms with E-state index in [4.69, 9.17) is 10.9 Å². The Bertz CT molecular complexity index is 390. The molecule has 0 aromatic carbocycles. The van der Waals surface area contributed by atoms with Crippen LogP contribution in [0.1, 0.15) is 28.1 Å². The SMILES string of the molecule is NNC(=O)c1sccc1CN(CCO)C1CC1. The van der Waals surface area contributed by atoms with Crippen LogP contribution >= 0.6 is 11.3 Å². The number of hydrogen-bond donors (Lipinski definition) is 3. The minimum absolute atomic E-state index is 0.152. The average molecular weight is 255 g/mol. The molecule has 1 heterocycles. The van der Waals surface area contributed by atoms with Crippen molar-refractivity contribution in [1.29, 1.82) is 0 Å². The number of aliphatic hydroxyl groups is 1. The number of thiophene rings is 1. The number of carbonyl (C=O) groups excluding carboxylic acids is 1. The van der Waals surface area contributed by atoms with Crippen LogP contribution in [0.25, 0.3) is 0 Å². The second-order valence-corrected chi connectivity index (χ2v) is 5.09. The fourth-order valence-corrected chi connectivity index (χ4v) is 2.72. The number of rotatable bonds is 6. The molecule has 5 nitrogen and oxygen atoms in total. The first-order valence-electron chi connectivity index (χ1n) is 5.68. The van der Waals surface area contributed by atoms with Crippen LogP contribution < -0.4 is 11.3 Å². The fraction of sp³-hybridized carbons (Fsp3) is 0.545. The van der Waals surface area contributed by atoms with Crippen LogP contribution in [0.2, 0.25) is 0 Å². The minimum Gasteiger partial charge on any atom is -0.395 e. The molecule has 0 unspecified atom stereocenters. The van der Waals surface area contributed by atoms with E-state index < -0.39 is 0 Å². The summed E-state index contributed by atoms with van der Waals surface area (Å²) in [7, 11) is 0. The van der Waals surface area contributed by atoms with E-state index in [1.165, 1.54) is 24.2 Å². The van der Waals surface area contributed by atoms with Gasteiger partial charge in [0.25, 0.3) is 5.91 Å². The number of amides is 1. The lowest BCUT2D eigenvalue weighted by atomic mass is 10.2. The Morgan fingerprint density at radius 3 is 3.00 bits per heavy atom. The van der Waals surface area contributed by atoms with Crippen LogP contribution in [0.15, 0.2) is 11.4 Å². The number of nitrogen functional groups attached to an aromatic ring is 1. The van der Waals surface area contributed by atoms with Crippen LogP contribution in [0.4, 0.5) is 0 Å². The van der Waals surface area contributed by atoms with Gasteiger partial charge in [0.05, 0.1) is 11.5 Å². The third kappa shape index (κ3) is 3.04. The molecule has 0 aliphatic heterocycles. The largest absolute Gasteiger partial charge is 0.395 e. The molecular formula is C11H17N3O2S. The summed E-state index contributed by atoms with van der Waals surface area (Å²) in [6, 6.07) is 2.51. The third-order valence-electron chi connectivity index (χ3n) is 2.91. The van der Waals surface area contributed by atoms with Crippen molar-refractivity contribution in [3.05, 3.63) is 21.9 Å². The van der Waals surface area contributed by atoms with E-state index in [1.807, 2.05) is 11.4 Å². The maximum absolute atomic E-state index is 11.5. The van der Waals surface area contributed by atoms with Crippen molar-refractivity contribution in [2.75, 3.05) is 13.2 Å². The van der Waals surface area contributed by atoms with E-state index >= 15 is 0 Å². The predicted molar refractivity (Wildman–Crippen MR) is 66.5 cm³/mol. The van der Waals surface area contributed by atoms with Crippen molar-refractivity contribution in [2.45, 2.75) is 25.4 Å². The normalized spacial score (nSPS) is 15.2. The van der Waals surface area contributed by atoms with Crippen molar-refractivity contribution < 1.29 is 9.90 Å². The lowest BCUT2D eigenvalue weighted by Gasteiger charge is -2.20. The molecule has 6 heteroatoms. The van der Waals surface area contributed by atoms with Gasteiger partial charge in [0.15, 0.2) is 0 Å². The Kier molecular flexibility index (Phi) is 4.11. The molecule has 1 aliphatic carbocycles. The number of hydrazine groups is 1. The molecule has 94 valence electrons. The van der Waals surface area contributed by atoms with Gasteiger partial charge in [-0.1, -0.05) is 0 Å². The van der Waals surface area contributed by atoms with E-state index in [0.717, 1.165) is 5.56 Å². The fourth-order valence-electron chi connectivity index (χ4n) is 1.90. The Labute approximate surface area is 104 Å². The van der Waals surface area contributed by atoms with Gasteiger partial charge in [0.2, 0.25) is 0 Å². The van der Waals surface area contributed by atoms with Crippen molar-refractivity contribution in [3.63, 3.8) is 0 Å². The van der Waals surface area contributed by atoms with E-state index in [0.29, 0.717) is 24.0 Å². The molecule has 1 aliphatic rings. The number of nitrogens with two attached hydrogens (primary N) is 1. The van der Waals surface area contributed by atoms with Gasteiger partial charge in [-0.2, -0.15) is 0 Å². The number of nitrogens with one attached hydrogen (secondary N) is 1. The summed E-state index contributed by atoms with van der Waals surface area (Å²) in [5.41, 5.74) is 3.15. The highest BCUT2D eigenvalue weighted by Crippen LogP contribution is 2.29. The molecule has 0 bridgehead atoms. The number of aliphatic hydroxyl groups excluding tert-OH is 1. The monoisotopic (exact) mass is 255 g/mol. The lowest BCUT2D eigenvalue weighted by Crippen LogP contribution is -2.32. The van der Waals surface area contributed by atoms with E-state index in [-0.39, 0.29) is 12.5 Å². The van der Waals surface area contributed by atoms with Gasteiger partial charge in [-0.05, 0) is 29.9 Å². The highest BCUT2D eigenvalue weighted by atomic mass is 32.1. The molecule has 0 radical (unpaired) electrons. The Hall–Kier alpha value is -0.950. The summed E-state index contributed by atoms with van der Waals surface area (Å²) in [5.74, 6) is 4.91. The smallest absolute Gasteiger partial charge is 0.275 e. The third-order valence-corrected chi connectivity index (χ3v) is 3.86. The van der Waals surface area contributed by atoms with Crippen molar-refractivity contribution >= 4 is 17.2 Å². The van der Waals surface area contributed by atoms with Gasteiger partial charge < -0.3 is 5.11 Å². The van der Waals surface area contributed by atoms with Crippen molar-refractivity contribution in [2.24, 2.45) is 5.84 Å². The minimum atomic E-state index is -0.241. The maximum atomic E-state index is 11.5. The lowest BCUT2D eigenvalue weighted by molar-refractivity contribution is 0.0955. The topological polar surface area (TPSA) is 78.6 Å². The second kappa shape index (κ2) is 5.59. The summed E-state index contributed by atoms with van der Waals surface area (Å²) < 4.78 is 0. The van der Waals surface area contributed by atoms with Crippen LogP contribution in [0.3, 0.4) is 0 Å². The molecule has 1 saturated carbocycles. The van der Waals surface area contributed by atoms with Gasteiger partial charge in [-0.15, -0.1) is 11.3 Å². The van der Waals surface area contributed by atoms with Crippen LogP contribution in [-0.2, 0) is 6.54 Å². The zero-order chi connectivity index (χ0) is 12.3. The molecule has 2 rings (SSSR count). The molecular weight excluding hydrogens is 238 g/mol. The first-order chi connectivity index (χ1) is 8.26. The van der Waals surface area contributed by atoms with E-state index in [1.54, 1.807) is 0 Å². The number of hydrogen-bond acceptors (Lipinski definition) is 5. The first kappa shape index (κ1) is 12.5. The molecule has 1 amide bonds. The standard InChI is InChI=1S/C11H17N3O2S/c12-13-11(16)10-8(3-6-17-10)7-14(4-5-15)9-1-2-9/h3,6,9,15H,1-2,4-5,7,12H2,(H,13,16). The van der Waals surface area contributed by atoms with E-state index in [9.17, 15) is 4.79 Å². The van der Waals surface area contributed by atoms with Gasteiger partial charge in [0, 0.05) is 19.1 Å². The quantitative estimate of drug-likeness (QED) is 0.388. The Morgan fingerprint density at radius 1 is 1.65 bits per heavy atom. The van der Waals surface area contributed by atoms with Gasteiger partial charge in [-0.3, -0.25) is 15.1 Å². The van der Waals surface area contributed by atoms with E-state index in [2.05, 4.69) is 10.3 Å². The van der Waals surface area contributed by atoms with Gasteiger partial charge >= 0.3 is 0 Å². The molecule has 0 atom stereocenters. The molecule has 17 heavy (non-hydrogen) atoms. The molecule has 0 spiro atoms. The molecule has 1 fully saturated rings. The summed E-state index contributed by atoms with van der Waals surface area (Å²) in [6.07, 6.45) is 2.37. The van der Waals surface area contributed by atoms with Crippen LogP contribution in [-0.4, -0.2) is 35.1 Å². The second-order valence-electron chi connectivity index (χ2n) is 4.17. The zero-order valence-electron chi connectivity index (χ0n) is 9.56. The van der Waals surface area contributed by atoms with Crippen molar-refractivity contribution in [3.8, 4) is 0 Å².